The van der Waals surface area contributed by atoms with Crippen LogP contribution in [-0.2, 0) is 11.3 Å². The van der Waals surface area contributed by atoms with E-state index in [1.165, 1.54) is 6.07 Å². The molecule has 0 aliphatic carbocycles. The number of ether oxygens (including phenoxy) is 1. The second kappa shape index (κ2) is 6.66. The minimum absolute atomic E-state index is 0.0317. The van der Waals surface area contributed by atoms with E-state index in [-0.39, 0.29) is 18.0 Å². The maximum absolute atomic E-state index is 14.2. The van der Waals surface area contributed by atoms with Crippen LogP contribution in [0.15, 0.2) is 30.5 Å². The van der Waals surface area contributed by atoms with Gasteiger partial charge in [-0.2, -0.15) is 0 Å². The molecule has 1 amide bonds. The molecule has 4 heterocycles. The summed E-state index contributed by atoms with van der Waals surface area (Å²) in [7, 11) is 0. The van der Waals surface area contributed by atoms with E-state index < -0.39 is 5.60 Å². The zero-order chi connectivity index (χ0) is 20.2. The van der Waals surface area contributed by atoms with Gasteiger partial charge in [0.2, 0.25) is 0 Å². The molecule has 0 saturated carbocycles. The number of carbonyl (C=O) groups is 1. The minimum Gasteiger partial charge on any atom is -0.437 e. The third kappa shape index (κ3) is 3.11. The molecule has 3 aliphatic rings. The lowest BCUT2D eigenvalue weighted by Crippen LogP contribution is -2.71. The fourth-order valence-corrected chi connectivity index (χ4v) is 4.68. The number of hydrogen-bond acceptors (Lipinski definition) is 6. The number of carbonyl (C=O) groups excluding carboxylic acids is 1. The monoisotopic (exact) mass is 397 g/mol. The molecule has 7 nitrogen and oxygen atoms in total. The van der Waals surface area contributed by atoms with Crippen molar-refractivity contribution >= 4 is 11.9 Å². The third-order valence-electron chi connectivity index (χ3n) is 6.19. The highest BCUT2D eigenvalue weighted by atomic mass is 19.1. The normalized spacial score (nSPS) is 23.1. The largest absolute Gasteiger partial charge is 0.437 e. The van der Waals surface area contributed by atoms with Crippen LogP contribution in [0.2, 0.25) is 0 Å². The first kappa shape index (κ1) is 18.3. The number of benzene rings is 1. The summed E-state index contributed by atoms with van der Waals surface area (Å²) in [6, 6.07) is 7.06. The van der Waals surface area contributed by atoms with Gasteiger partial charge < -0.3 is 9.64 Å². The first-order valence-electron chi connectivity index (χ1n) is 9.95. The second-order valence-corrected chi connectivity index (χ2v) is 8.29. The molecule has 3 fully saturated rings. The van der Waals surface area contributed by atoms with E-state index in [0.29, 0.717) is 44.8 Å². The van der Waals surface area contributed by atoms with Crippen LogP contribution < -0.4 is 4.90 Å². The summed E-state index contributed by atoms with van der Waals surface area (Å²) in [6.45, 7) is 7.59. The Bertz CT molecular complexity index is 962. The zero-order valence-electron chi connectivity index (χ0n) is 16.6. The van der Waals surface area contributed by atoms with Gasteiger partial charge in [0.1, 0.15) is 17.5 Å². The van der Waals surface area contributed by atoms with Gasteiger partial charge in [-0.1, -0.05) is 17.7 Å². The molecule has 1 aromatic carbocycles. The Balaban J connectivity index is 1.32. The first-order valence-corrected chi connectivity index (χ1v) is 9.95. The molecule has 2 aromatic rings. The van der Waals surface area contributed by atoms with Crippen LogP contribution >= 0.6 is 0 Å². The number of hydrogen-bond donors (Lipinski definition) is 0. The van der Waals surface area contributed by atoms with Gasteiger partial charge in [0.05, 0.1) is 19.1 Å². The van der Waals surface area contributed by atoms with Gasteiger partial charge >= 0.3 is 6.09 Å². The summed E-state index contributed by atoms with van der Waals surface area (Å²) in [6.07, 6.45) is 1.50. The molecule has 3 saturated heterocycles. The summed E-state index contributed by atoms with van der Waals surface area (Å²) in [5.41, 5.74) is 1.22. The van der Waals surface area contributed by atoms with Crippen LogP contribution in [0.4, 0.5) is 15.0 Å². The average molecular weight is 397 g/mol. The van der Waals surface area contributed by atoms with Crippen molar-refractivity contribution in [1.29, 1.82) is 0 Å². The number of piperazine rings is 1. The maximum atomic E-state index is 14.2. The predicted molar refractivity (Wildman–Crippen MR) is 105 cm³/mol. The molecule has 3 aliphatic heterocycles. The number of nitrogens with zero attached hydrogens (tertiary/aromatic N) is 5. The molecule has 1 aromatic heterocycles. The summed E-state index contributed by atoms with van der Waals surface area (Å²) >= 11 is 0. The Kier molecular flexibility index (Phi) is 4.20. The molecule has 1 unspecified atom stereocenters. The van der Waals surface area contributed by atoms with E-state index in [2.05, 4.69) is 19.8 Å². The fraction of sp³-hybridized carbons (Fsp3) is 0.476. The Labute approximate surface area is 169 Å². The number of rotatable bonds is 3. The van der Waals surface area contributed by atoms with Crippen molar-refractivity contribution in [2.24, 2.45) is 0 Å². The Hall–Kier alpha value is -2.74. The lowest BCUT2D eigenvalue weighted by atomic mass is 9.84. The number of aryl methyl sites for hydroxylation is 2. The number of halogens is 1. The molecule has 8 heteroatoms. The molecule has 0 bridgehead atoms. The van der Waals surface area contributed by atoms with Crippen molar-refractivity contribution in [2.75, 3.05) is 37.6 Å². The zero-order valence-corrected chi connectivity index (χ0v) is 16.6. The van der Waals surface area contributed by atoms with Crippen molar-refractivity contribution in [2.45, 2.75) is 32.0 Å². The Morgan fingerprint density at radius 1 is 1.24 bits per heavy atom. The predicted octanol–water partition coefficient (Wildman–Crippen LogP) is 2.13. The van der Waals surface area contributed by atoms with Gasteiger partial charge in [-0.3, -0.25) is 9.80 Å². The summed E-state index contributed by atoms with van der Waals surface area (Å²) in [4.78, 5) is 27.2. The van der Waals surface area contributed by atoms with Crippen LogP contribution in [0.1, 0.15) is 17.0 Å². The van der Waals surface area contributed by atoms with Crippen LogP contribution in [0.25, 0.3) is 0 Å². The second-order valence-electron chi connectivity index (χ2n) is 8.29. The van der Waals surface area contributed by atoms with Crippen LogP contribution in [0.3, 0.4) is 0 Å². The van der Waals surface area contributed by atoms with Gasteiger partial charge in [0.15, 0.2) is 5.60 Å². The standard InChI is InChI=1S/C21H24FN5O2/c1-14-3-4-17(22)16(9-14)10-25-7-8-27-18(11-25)21(29-20(27)28)12-26(13-21)19-5-6-23-15(2)24-19/h3-6,9,18H,7-8,10-13H2,1-2H3. The molecule has 0 N–H and O–H groups in total. The number of aromatic nitrogens is 2. The van der Waals surface area contributed by atoms with Crippen molar-refractivity contribution < 1.29 is 13.9 Å². The van der Waals surface area contributed by atoms with E-state index in [9.17, 15) is 9.18 Å². The molecule has 1 atom stereocenters. The van der Waals surface area contributed by atoms with Crippen molar-refractivity contribution in [1.82, 2.24) is 19.8 Å². The van der Waals surface area contributed by atoms with E-state index in [1.807, 2.05) is 30.9 Å². The molecule has 0 radical (unpaired) electrons. The van der Waals surface area contributed by atoms with Gasteiger partial charge in [-0.15, -0.1) is 0 Å². The molecule has 1 spiro atoms. The summed E-state index contributed by atoms with van der Waals surface area (Å²) in [5.74, 6) is 1.39. The fourth-order valence-electron chi connectivity index (χ4n) is 4.68. The first-order chi connectivity index (χ1) is 13.9. The lowest BCUT2D eigenvalue weighted by molar-refractivity contribution is -0.0101. The molecule has 5 rings (SSSR count). The van der Waals surface area contributed by atoms with Crippen LogP contribution in [0.5, 0.6) is 0 Å². The Morgan fingerprint density at radius 2 is 2.07 bits per heavy atom. The van der Waals surface area contributed by atoms with Gasteiger partial charge in [0.25, 0.3) is 0 Å². The van der Waals surface area contributed by atoms with E-state index in [1.54, 1.807) is 12.3 Å². The number of anilines is 1. The van der Waals surface area contributed by atoms with E-state index >= 15 is 0 Å². The van der Waals surface area contributed by atoms with Gasteiger partial charge in [-0.05, 0) is 26.0 Å². The quantitative estimate of drug-likeness (QED) is 0.791. The summed E-state index contributed by atoms with van der Waals surface area (Å²) in [5, 5.41) is 0. The van der Waals surface area contributed by atoms with E-state index in [4.69, 9.17) is 4.74 Å². The highest BCUT2D eigenvalue weighted by molar-refractivity contribution is 5.73. The SMILES string of the molecule is Cc1ccc(F)c(CN2CCN3C(=O)OC4(CN(c5ccnc(C)n5)C4)C3C2)c1. The third-order valence-corrected chi connectivity index (χ3v) is 6.19. The topological polar surface area (TPSA) is 61.8 Å². The minimum atomic E-state index is -0.528. The maximum Gasteiger partial charge on any atom is 0.411 e. The smallest absolute Gasteiger partial charge is 0.411 e. The number of amides is 1. The van der Waals surface area contributed by atoms with Gasteiger partial charge in [0, 0.05) is 37.9 Å². The van der Waals surface area contributed by atoms with Crippen molar-refractivity contribution in [3.05, 3.63) is 53.2 Å². The summed E-state index contributed by atoms with van der Waals surface area (Å²) < 4.78 is 20.1. The van der Waals surface area contributed by atoms with Crippen LogP contribution in [0, 0.1) is 19.7 Å². The molecule has 152 valence electrons. The average Bonchev–Trinajstić information content (AvgIpc) is 2.96. The van der Waals surface area contributed by atoms with Crippen LogP contribution in [-0.4, -0.2) is 70.2 Å². The van der Waals surface area contributed by atoms with Gasteiger partial charge in [-0.25, -0.2) is 19.2 Å². The molecular formula is C21H24FN5O2. The number of fused-ring (bicyclic) bond motifs is 2. The Morgan fingerprint density at radius 3 is 2.86 bits per heavy atom. The molecular weight excluding hydrogens is 373 g/mol. The van der Waals surface area contributed by atoms with E-state index in [0.717, 1.165) is 17.2 Å². The highest BCUT2D eigenvalue weighted by Crippen LogP contribution is 2.41. The van der Waals surface area contributed by atoms with Crippen molar-refractivity contribution in [3.63, 3.8) is 0 Å². The molecule has 29 heavy (non-hydrogen) atoms. The lowest BCUT2D eigenvalue weighted by Gasteiger charge is -2.51. The van der Waals surface area contributed by atoms with Crippen molar-refractivity contribution in [3.8, 4) is 0 Å². The highest BCUT2D eigenvalue weighted by Gasteiger charge is 2.62.